The second-order valence-corrected chi connectivity index (χ2v) is 10.1. The molecule has 3 heteroatoms. The first-order valence-corrected chi connectivity index (χ1v) is 14.0. The van der Waals surface area contributed by atoms with E-state index in [2.05, 4.69) is 99.0 Å². The Morgan fingerprint density at radius 1 is 0.974 bits per heavy atom. The van der Waals surface area contributed by atoms with Gasteiger partial charge >= 0.3 is 0 Å². The highest BCUT2D eigenvalue weighted by atomic mass is 16.1. The van der Waals surface area contributed by atoms with Gasteiger partial charge in [0, 0.05) is 26.4 Å². The number of rotatable bonds is 12. The maximum Gasteiger partial charge on any atom is 0.249 e. The lowest BCUT2D eigenvalue weighted by Crippen LogP contribution is -2.28. The minimum atomic E-state index is -0.561. The first kappa shape index (κ1) is 27.9. The summed E-state index contributed by atoms with van der Waals surface area (Å²) in [5.74, 6) is 0. The van der Waals surface area contributed by atoms with Gasteiger partial charge in [0.15, 0.2) is 0 Å². The minimum Gasteiger partial charge on any atom is -0.391 e. The summed E-state index contributed by atoms with van der Waals surface area (Å²) in [6.07, 6.45) is 10.1. The third kappa shape index (κ3) is 5.68. The predicted octanol–water partition coefficient (Wildman–Crippen LogP) is 8.74. The molecule has 3 aromatic carbocycles. The van der Waals surface area contributed by atoms with Gasteiger partial charge in [-0.3, -0.25) is 4.79 Å². The van der Waals surface area contributed by atoms with Crippen molar-refractivity contribution in [3.05, 3.63) is 142 Å². The van der Waals surface area contributed by atoms with Crippen molar-refractivity contribution in [1.82, 2.24) is 10.3 Å². The largest absolute Gasteiger partial charge is 0.391 e. The number of aromatic amines is 1. The van der Waals surface area contributed by atoms with Crippen LogP contribution in [0.1, 0.15) is 58.7 Å². The van der Waals surface area contributed by atoms with Crippen LogP contribution in [-0.2, 0) is 18.3 Å². The molecule has 3 nitrogen and oxygen atoms in total. The van der Waals surface area contributed by atoms with Gasteiger partial charge in [0.05, 0.1) is 5.41 Å². The highest BCUT2D eigenvalue weighted by Crippen LogP contribution is 2.42. The fourth-order valence-electron chi connectivity index (χ4n) is 5.56. The lowest BCUT2D eigenvalue weighted by molar-refractivity contribution is 0.726. The van der Waals surface area contributed by atoms with Gasteiger partial charge in [0.2, 0.25) is 5.56 Å². The molecule has 0 aliphatic rings. The number of pyridine rings is 1. The Labute approximate surface area is 236 Å². The zero-order valence-corrected chi connectivity index (χ0v) is 23.5. The van der Waals surface area contributed by atoms with E-state index >= 15 is 0 Å². The van der Waals surface area contributed by atoms with Gasteiger partial charge in [-0.2, -0.15) is 0 Å². The van der Waals surface area contributed by atoms with Crippen molar-refractivity contribution in [2.75, 3.05) is 6.54 Å². The van der Waals surface area contributed by atoms with Crippen molar-refractivity contribution in [2.45, 2.75) is 51.9 Å². The highest BCUT2D eigenvalue weighted by molar-refractivity contribution is 5.95. The van der Waals surface area contributed by atoms with Crippen LogP contribution in [0.3, 0.4) is 0 Å². The average molecular weight is 521 g/mol. The zero-order valence-electron chi connectivity index (χ0n) is 23.5. The van der Waals surface area contributed by atoms with Crippen LogP contribution in [0.25, 0.3) is 22.0 Å². The number of nitrogens with one attached hydrogen (secondary N) is 2. The number of H-pyrrole nitrogens is 1. The fourth-order valence-corrected chi connectivity index (χ4v) is 5.56. The number of aromatic nitrogens is 1. The molecule has 204 valence electrons. The molecule has 0 saturated carbocycles. The van der Waals surface area contributed by atoms with Gasteiger partial charge in [-0.25, -0.2) is 0 Å². The molecule has 0 fully saturated rings. The Morgan fingerprint density at radius 2 is 1.72 bits per heavy atom. The lowest BCUT2D eigenvalue weighted by Gasteiger charge is -2.34. The van der Waals surface area contributed by atoms with Gasteiger partial charge in [-0.1, -0.05) is 80.6 Å². The Kier molecular flexibility index (Phi) is 9.03. The number of fused-ring (bicyclic) bond motifs is 1. The zero-order chi connectivity index (χ0) is 27.8. The van der Waals surface area contributed by atoms with E-state index in [-0.39, 0.29) is 8.41 Å². The normalized spacial score (nSPS) is 13.2. The second kappa shape index (κ2) is 12.6. The van der Waals surface area contributed by atoms with E-state index in [1.165, 1.54) is 16.7 Å². The van der Waals surface area contributed by atoms with Gasteiger partial charge in [-0.05, 0) is 89.9 Å². The van der Waals surface area contributed by atoms with E-state index in [4.69, 9.17) is 0 Å². The number of aryl methyl sites for hydroxylation is 2. The molecule has 0 saturated heterocycles. The monoisotopic (exact) mass is 520 g/mol. The molecule has 0 spiro atoms. The van der Waals surface area contributed by atoms with Gasteiger partial charge in [0.1, 0.15) is 0 Å². The standard InChI is InChI=1S/C36H40N2O.2H2/c1-6-10-14-29-22-30(18-17-27(29)8-3)36(9-4,26(5)25-37-21-7-2)31-19-20-34-33(23-31)32(24-35(39)38-34)28-15-12-11-13-16-28;;/h6,9,11-13,15-20,22-25,37H,1,4,7-8,10,14,21H2,2-3,5H3,(H,38,39);2*1H/b26-25+;;. The van der Waals surface area contributed by atoms with Crippen LogP contribution in [0.15, 0.2) is 115 Å². The third-order valence-electron chi connectivity index (χ3n) is 7.68. The smallest absolute Gasteiger partial charge is 0.249 e. The Balaban J connectivity index is 0.00000294. The molecule has 0 bridgehead atoms. The van der Waals surface area contributed by atoms with Crippen molar-refractivity contribution >= 4 is 10.9 Å². The summed E-state index contributed by atoms with van der Waals surface area (Å²) in [6, 6.07) is 25.1. The van der Waals surface area contributed by atoms with Crippen LogP contribution in [0.2, 0.25) is 0 Å². The maximum atomic E-state index is 12.6. The van der Waals surface area contributed by atoms with E-state index in [0.717, 1.165) is 65.4 Å². The molecular weight excluding hydrogens is 476 g/mol. The third-order valence-corrected chi connectivity index (χ3v) is 7.68. The van der Waals surface area contributed by atoms with Crippen LogP contribution in [0.4, 0.5) is 0 Å². The first-order valence-electron chi connectivity index (χ1n) is 14.0. The number of allylic oxidation sites excluding steroid dienone is 3. The SMILES string of the molecule is C=CCCc1cc(C(C=C)(/C(C)=C/NCCC)c2ccc3[nH]c(=O)cc(-c4ccccc4)c3c2)ccc1CC.[HH].[HH]. The van der Waals surface area contributed by atoms with Crippen molar-refractivity contribution < 1.29 is 2.85 Å². The van der Waals surface area contributed by atoms with Crippen molar-refractivity contribution in [2.24, 2.45) is 0 Å². The molecule has 1 atom stereocenters. The molecule has 0 radical (unpaired) electrons. The summed E-state index contributed by atoms with van der Waals surface area (Å²) >= 11 is 0. The van der Waals surface area contributed by atoms with E-state index < -0.39 is 5.41 Å². The second-order valence-electron chi connectivity index (χ2n) is 10.1. The van der Waals surface area contributed by atoms with E-state index in [0.29, 0.717) is 0 Å². The number of benzene rings is 3. The van der Waals surface area contributed by atoms with Crippen LogP contribution in [0.5, 0.6) is 0 Å². The van der Waals surface area contributed by atoms with Crippen LogP contribution < -0.4 is 10.9 Å². The molecule has 1 heterocycles. The topological polar surface area (TPSA) is 44.9 Å². The summed E-state index contributed by atoms with van der Waals surface area (Å²) in [4.78, 5) is 15.6. The van der Waals surface area contributed by atoms with Gasteiger partial charge in [0.25, 0.3) is 0 Å². The number of hydrogen-bond donors (Lipinski definition) is 2. The maximum absolute atomic E-state index is 12.6. The number of hydrogen-bond acceptors (Lipinski definition) is 2. The molecule has 0 aliphatic heterocycles. The molecule has 4 aromatic rings. The van der Waals surface area contributed by atoms with Gasteiger partial charge < -0.3 is 10.3 Å². The Bertz CT molecular complexity index is 1560. The fraction of sp³-hybridized carbons (Fsp3) is 0.250. The molecular formula is C36H44N2O. The minimum absolute atomic E-state index is 0. The van der Waals surface area contributed by atoms with Crippen LogP contribution in [-0.4, -0.2) is 11.5 Å². The van der Waals surface area contributed by atoms with E-state index in [9.17, 15) is 4.79 Å². The van der Waals surface area contributed by atoms with Crippen molar-refractivity contribution in [3.8, 4) is 11.1 Å². The summed E-state index contributed by atoms with van der Waals surface area (Å²) in [7, 11) is 0. The van der Waals surface area contributed by atoms with E-state index in [1.807, 2.05) is 30.3 Å². The molecule has 0 aliphatic carbocycles. The van der Waals surface area contributed by atoms with Crippen molar-refractivity contribution in [1.29, 1.82) is 0 Å². The Morgan fingerprint density at radius 3 is 2.41 bits per heavy atom. The lowest BCUT2D eigenvalue weighted by atomic mass is 9.68. The summed E-state index contributed by atoms with van der Waals surface area (Å²) in [6.45, 7) is 15.8. The Hall–Kier alpha value is -4.11. The molecule has 2 N–H and O–H groups in total. The molecule has 1 aromatic heterocycles. The van der Waals surface area contributed by atoms with Crippen LogP contribution in [0, 0.1) is 0 Å². The van der Waals surface area contributed by atoms with E-state index in [1.54, 1.807) is 6.07 Å². The van der Waals surface area contributed by atoms with Crippen molar-refractivity contribution in [3.63, 3.8) is 0 Å². The molecule has 1 unspecified atom stereocenters. The molecule has 39 heavy (non-hydrogen) atoms. The van der Waals surface area contributed by atoms with Crippen LogP contribution >= 0.6 is 0 Å². The predicted molar refractivity (Wildman–Crippen MR) is 172 cm³/mol. The summed E-state index contributed by atoms with van der Waals surface area (Å²) in [5.41, 5.74) is 8.28. The average Bonchev–Trinajstić information content (AvgIpc) is 2.97. The summed E-state index contributed by atoms with van der Waals surface area (Å²) in [5, 5.41) is 4.51. The molecule has 4 rings (SSSR count). The first-order chi connectivity index (χ1) is 19.0. The highest BCUT2D eigenvalue weighted by Gasteiger charge is 2.34. The quantitative estimate of drug-likeness (QED) is 0.145. The van der Waals surface area contributed by atoms with Gasteiger partial charge in [-0.15, -0.1) is 13.2 Å². The summed E-state index contributed by atoms with van der Waals surface area (Å²) < 4.78 is 0. The molecule has 0 amide bonds.